The minimum absolute atomic E-state index is 0.159. The zero-order valence-corrected chi connectivity index (χ0v) is 9.34. The van der Waals surface area contributed by atoms with Crippen molar-refractivity contribution < 1.29 is 13.2 Å². The molecule has 0 aromatic heterocycles. The predicted octanol–water partition coefficient (Wildman–Crippen LogP) is 1.23. The lowest BCUT2D eigenvalue weighted by molar-refractivity contribution is 0.563. The summed E-state index contributed by atoms with van der Waals surface area (Å²) in [5.41, 5.74) is 1.38. The van der Waals surface area contributed by atoms with Gasteiger partial charge in [0, 0.05) is 6.26 Å². The molecule has 0 fully saturated rings. The molecule has 4 nitrogen and oxygen atoms in total. The molecule has 0 bridgehead atoms. The maximum atomic E-state index is 11.4. The molecule has 0 aliphatic heterocycles. The molecule has 80 valence electrons. The van der Waals surface area contributed by atoms with Crippen LogP contribution in [0.3, 0.4) is 0 Å². The van der Waals surface area contributed by atoms with Crippen LogP contribution in [0, 0.1) is 6.92 Å². The summed E-state index contributed by atoms with van der Waals surface area (Å²) in [5, 5.41) is 0. The smallest absolute Gasteiger partial charge is 0.224 e. The second-order valence-electron chi connectivity index (χ2n) is 3.28. The van der Waals surface area contributed by atoms with Crippen LogP contribution in [-0.4, -0.2) is 20.8 Å². The summed E-state index contributed by atoms with van der Waals surface area (Å²) < 4.78 is 22.7. The molecule has 0 aliphatic carbocycles. The van der Waals surface area contributed by atoms with Gasteiger partial charge < -0.3 is 0 Å². The highest BCUT2D eigenvalue weighted by molar-refractivity contribution is 7.90. The van der Waals surface area contributed by atoms with Gasteiger partial charge in [0.25, 0.3) is 0 Å². The summed E-state index contributed by atoms with van der Waals surface area (Å²) in [7, 11) is -3.22. The van der Waals surface area contributed by atoms with Crippen LogP contribution in [0.2, 0.25) is 0 Å². The van der Waals surface area contributed by atoms with E-state index < -0.39 is 9.84 Å². The standard InChI is InChI=1S/C10H11NO3S/c1-8-3-4-9(6-11-7-12)5-10(8)15(2,13)14/h3-5H,6H2,1-2H3. The van der Waals surface area contributed by atoms with Crippen LogP contribution in [0.25, 0.3) is 0 Å². The summed E-state index contributed by atoms with van der Waals surface area (Å²) in [6.07, 6.45) is 2.57. The quantitative estimate of drug-likeness (QED) is 0.574. The van der Waals surface area contributed by atoms with Gasteiger partial charge in [-0.05, 0) is 24.1 Å². The van der Waals surface area contributed by atoms with Gasteiger partial charge in [0.05, 0.1) is 11.4 Å². The fourth-order valence-corrected chi connectivity index (χ4v) is 2.28. The first kappa shape index (κ1) is 11.6. The van der Waals surface area contributed by atoms with E-state index in [4.69, 9.17) is 0 Å². The molecule has 0 atom stereocenters. The molecule has 0 spiro atoms. The highest BCUT2D eigenvalue weighted by Crippen LogP contribution is 2.17. The highest BCUT2D eigenvalue weighted by Gasteiger charge is 2.10. The van der Waals surface area contributed by atoms with Gasteiger partial charge in [0.2, 0.25) is 6.08 Å². The van der Waals surface area contributed by atoms with Crippen molar-refractivity contribution in [3.05, 3.63) is 29.3 Å². The van der Waals surface area contributed by atoms with Crippen LogP contribution in [0.4, 0.5) is 0 Å². The zero-order chi connectivity index (χ0) is 11.5. The van der Waals surface area contributed by atoms with Gasteiger partial charge in [-0.2, -0.15) is 0 Å². The minimum Gasteiger partial charge on any atom is -0.224 e. The van der Waals surface area contributed by atoms with Crippen LogP contribution in [0.5, 0.6) is 0 Å². The van der Waals surface area contributed by atoms with Gasteiger partial charge in [-0.25, -0.2) is 18.2 Å². The average molecular weight is 225 g/mol. The Morgan fingerprint density at radius 1 is 1.40 bits per heavy atom. The van der Waals surface area contributed by atoms with E-state index in [2.05, 4.69) is 4.99 Å². The van der Waals surface area contributed by atoms with Crippen molar-refractivity contribution in [3.8, 4) is 0 Å². The first-order valence-electron chi connectivity index (χ1n) is 4.28. The molecule has 0 heterocycles. The Morgan fingerprint density at radius 2 is 2.07 bits per heavy atom. The van der Waals surface area contributed by atoms with Gasteiger partial charge in [0.1, 0.15) is 0 Å². The van der Waals surface area contributed by atoms with Crippen LogP contribution in [-0.2, 0) is 21.2 Å². The normalized spacial score (nSPS) is 10.8. The number of aliphatic imine (C=N–C) groups is 1. The second-order valence-corrected chi connectivity index (χ2v) is 5.26. The SMILES string of the molecule is Cc1ccc(CN=C=O)cc1S(C)(=O)=O. The maximum absolute atomic E-state index is 11.4. The number of benzene rings is 1. The fraction of sp³-hybridized carbons (Fsp3) is 0.300. The Morgan fingerprint density at radius 3 is 2.60 bits per heavy atom. The third-order valence-corrected chi connectivity index (χ3v) is 3.22. The van der Waals surface area contributed by atoms with Gasteiger partial charge in [-0.1, -0.05) is 12.1 Å². The molecule has 1 aromatic rings. The van der Waals surface area contributed by atoms with Crippen molar-refractivity contribution >= 4 is 15.9 Å². The van der Waals surface area contributed by atoms with Gasteiger partial charge >= 0.3 is 0 Å². The van der Waals surface area contributed by atoms with E-state index in [1.54, 1.807) is 19.1 Å². The number of rotatable bonds is 3. The van der Waals surface area contributed by atoms with E-state index in [9.17, 15) is 13.2 Å². The van der Waals surface area contributed by atoms with Gasteiger partial charge in [-0.15, -0.1) is 0 Å². The molecule has 0 saturated heterocycles. The molecule has 0 unspecified atom stereocenters. The lowest BCUT2D eigenvalue weighted by Crippen LogP contribution is -2.01. The van der Waals surface area contributed by atoms with Gasteiger partial charge in [-0.3, -0.25) is 0 Å². The number of hydrogen-bond acceptors (Lipinski definition) is 4. The average Bonchev–Trinajstić information content (AvgIpc) is 2.15. The summed E-state index contributed by atoms with van der Waals surface area (Å²) >= 11 is 0. The van der Waals surface area contributed by atoms with Crippen molar-refractivity contribution in [2.24, 2.45) is 4.99 Å². The summed E-state index contributed by atoms with van der Waals surface area (Å²) in [6, 6.07) is 4.97. The number of hydrogen-bond donors (Lipinski definition) is 0. The number of sulfone groups is 1. The Balaban J connectivity index is 3.23. The van der Waals surface area contributed by atoms with E-state index in [0.717, 1.165) is 6.26 Å². The molecular formula is C10H11NO3S. The Bertz CT molecular complexity index is 513. The number of carbonyl (C=O) groups excluding carboxylic acids is 1. The molecule has 1 rings (SSSR count). The number of isocyanates is 1. The van der Waals surface area contributed by atoms with Crippen molar-refractivity contribution in [2.45, 2.75) is 18.4 Å². The van der Waals surface area contributed by atoms with Crippen molar-refractivity contribution in [3.63, 3.8) is 0 Å². The number of aryl methyl sites for hydroxylation is 1. The summed E-state index contributed by atoms with van der Waals surface area (Å²) in [4.78, 5) is 13.6. The molecule has 0 radical (unpaired) electrons. The maximum Gasteiger partial charge on any atom is 0.235 e. The fourth-order valence-electron chi connectivity index (χ4n) is 1.27. The lowest BCUT2D eigenvalue weighted by Gasteiger charge is -2.04. The van der Waals surface area contributed by atoms with Crippen LogP contribution in [0.1, 0.15) is 11.1 Å². The minimum atomic E-state index is -3.22. The highest BCUT2D eigenvalue weighted by atomic mass is 32.2. The summed E-state index contributed by atoms with van der Waals surface area (Å²) in [6.45, 7) is 1.88. The first-order chi connectivity index (χ1) is 6.95. The third kappa shape index (κ3) is 3.01. The van der Waals surface area contributed by atoms with E-state index in [0.29, 0.717) is 11.1 Å². The largest absolute Gasteiger partial charge is 0.235 e. The molecule has 1 aromatic carbocycles. The summed E-state index contributed by atoms with van der Waals surface area (Å²) in [5.74, 6) is 0. The molecular weight excluding hydrogens is 214 g/mol. The molecule has 0 amide bonds. The Hall–Kier alpha value is -1.45. The van der Waals surface area contributed by atoms with Crippen molar-refractivity contribution in [2.75, 3.05) is 6.26 Å². The molecule has 0 aliphatic rings. The van der Waals surface area contributed by atoms with E-state index in [1.807, 2.05) is 0 Å². The predicted molar refractivity (Wildman–Crippen MR) is 56.1 cm³/mol. The van der Waals surface area contributed by atoms with Gasteiger partial charge in [0.15, 0.2) is 9.84 Å². The van der Waals surface area contributed by atoms with Crippen LogP contribution < -0.4 is 0 Å². The van der Waals surface area contributed by atoms with Crippen LogP contribution >= 0.6 is 0 Å². The lowest BCUT2D eigenvalue weighted by atomic mass is 10.1. The number of nitrogens with zero attached hydrogens (tertiary/aromatic N) is 1. The topological polar surface area (TPSA) is 63.6 Å². The molecule has 0 N–H and O–H groups in total. The molecule has 0 saturated carbocycles. The molecule has 5 heteroatoms. The van der Waals surface area contributed by atoms with Crippen LogP contribution in [0.15, 0.2) is 28.1 Å². The van der Waals surface area contributed by atoms with E-state index in [1.165, 1.54) is 12.1 Å². The monoisotopic (exact) mass is 225 g/mol. The van der Waals surface area contributed by atoms with E-state index in [-0.39, 0.29) is 11.4 Å². The van der Waals surface area contributed by atoms with E-state index >= 15 is 0 Å². The van der Waals surface area contributed by atoms with Crippen molar-refractivity contribution in [1.82, 2.24) is 0 Å². The first-order valence-corrected chi connectivity index (χ1v) is 6.17. The molecule has 15 heavy (non-hydrogen) atoms. The Labute approximate surface area is 88.6 Å². The third-order valence-electron chi connectivity index (χ3n) is 1.98. The Kier molecular flexibility index (Phi) is 3.39. The van der Waals surface area contributed by atoms with Crippen molar-refractivity contribution in [1.29, 1.82) is 0 Å². The zero-order valence-electron chi connectivity index (χ0n) is 8.52. The second kappa shape index (κ2) is 4.38.